The van der Waals surface area contributed by atoms with Crippen molar-refractivity contribution >= 4 is 33.5 Å². The van der Waals surface area contributed by atoms with Crippen molar-refractivity contribution in [1.82, 2.24) is 0 Å². The van der Waals surface area contributed by atoms with Gasteiger partial charge in [-0.05, 0) is 19.1 Å². The number of anilines is 1. The number of rotatable bonds is 5. The van der Waals surface area contributed by atoms with Gasteiger partial charge in [-0.1, -0.05) is 23.7 Å². The second-order valence-corrected chi connectivity index (χ2v) is 6.94. The van der Waals surface area contributed by atoms with E-state index in [9.17, 15) is 18.3 Å². The number of halogens is 1. The third-order valence-electron chi connectivity index (χ3n) is 2.83. The number of ether oxygens (including phenoxy) is 1. The van der Waals surface area contributed by atoms with E-state index in [2.05, 4.69) is 4.72 Å². The highest BCUT2D eigenvalue weighted by molar-refractivity contribution is 7.92. The molecule has 7 nitrogen and oxygen atoms in total. The van der Waals surface area contributed by atoms with Crippen LogP contribution < -0.4 is 9.46 Å². The molecule has 0 radical (unpaired) electrons. The number of aromatic hydroxyl groups is 1. The highest BCUT2D eigenvalue weighted by atomic mass is 35.5. The number of carbonyl (C=O) groups excluding carboxylic acids is 1. The number of hydrogen-bond donors (Lipinski definition) is 2. The van der Waals surface area contributed by atoms with E-state index in [0.717, 1.165) is 6.92 Å². The van der Waals surface area contributed by atoms with Crippen molar-refractivity contribution < 1.29 is 27.5 Å². The molecule has 0 aliphatic heterocycles. The summed E-state index contributed by atoms with van der Waals surface area (Å²) in [5.74, 6) is -2.42. The number of furan rings is 1. The first-order valence-electron chi connectivity index (χ1n) is 6.54. The third-order valence-corrected chi connectivity index (χ3v) is 4.42. The van der Waals surface area contributed by atoms with Crippen molar-refractivity contribution in [3.63, 3.8) is 0 Å². The summed E-state index contributed by atoms with van der Waals surface area (Å²) >= 11 is 6.04. The fraction of sp³-hybridized carbons (Fsp3) is 0.214. The van der Waals surface area contributed by atoms with Gasteiger partial charge < -0.3 is 14.3 Å². The molecule has 0 aliphatic carbocycles. The van der Waals surface area contributed by atoms with Gasteiger partial charge in [0.05, 0.1) is 10.8 Å². The van der Waals surface area contributed by atoms with Gasteiger partial charge in [0.25, 0.3) is 5.88 Å². The molecule has 1 aromatic carbocycles. The molecule has 0 saturated heterocycles. The van der Waals surface area contributed by atoms with Crippen LogP contribution in [0.4, 0.5) is 5.88 Å². The molecule has 0 saturated carbocycles. The molecule has 2 rings (SSSR count). The summed E-state index contributed by atoms with van der Waals surface area (Å²) in [5.41, 5.74) is 0.321. The normalized spacial score (nSPS) is 11.3. The van der Waals surface area contributed by atoms with Gasteiger partial charge >= 0.3 is 5.97 Å². The van der Waals surface area contributed by atoms with E-state index in [1.165, 1.54) is 6.92 Å². The Morgan fingerprint density at radius 2 is 2.04 bits per heavy atom. The second kappa shape index (κ2) is 6.51. The summed E-state index contributed by atoms with van der Waals surface area (Å²) < 4.78 is 35.7. The maximum atomic E-state index is 11.7. The third kappa shape index (κ3) is 3.77. The van der Waals surface area contributed by atoms with E-state index in [1.807, 2.05) is 0 Å². The summed E-state index contributed by atoms with van der Waals surface area (Å²) in [5, 5.41) is 10.5. The Kier molecular flexibility index (Phi) is 4.86. The summed E-state index contributed by atoms with van der Waals surface area (Å²) in [4.78, 5) is 11.2. The Morgan fingerprint density at radius 3 is 2.61 bits per heavy atom. The van der Waals surface area contributed by atoms with Gasteiger partial charge in [0, 0.05) is 12.5 Å². The molecule has 0 unspecified atom stereocenters. The van der Waals surface area contributed by atoms with E-state index in [-0.39, 0.29) is 16.5 Å². The summed E-state index contributed by atoms with van der Waals surface area (Å²) in [7, 11) is -3.71. The van der Waals surface area contributed by atoms with Gasteiger partial charge in [-0.15, -0.1) is 0 Å². The quantitative estimate of drug-likeness (QED) is 0.795. The fourth-order valence-electron chi connectivity index (χ4n) is 1.75. The second-order valence-electron chi connectivity index (χ2n) is 4.52. The Bertz CT molecular complexity index is 843. The molecule has 2 N–H and O–H groups in total. The lowest BCUT2D eigenvalue weighted by atomic mass is 10.1. The molecule has 0 amide bonds. The molecule has 9 heteroatoms. The van der Waals surface area contributed by atoms with Gasteiger partial charge in [-0.2, -0.15) is 0 Å². The van der Waals surface area contributed by atoms with Crippen LogP contribution in [0.1, 0.15) is 13.8 Å². The molecular weight excluding hydrogens is 346 g/mol. The van der Waals surface area contributed by atoms with Crippen LogP contribution in [-0.2, 0) is 14.8 Å². The maximum Gasteiger partial charge on any atom is 0.308 e. The van der Waals surface area contributed by atoms with E-state index in [4.69, 9.17) is 20.8 Å². The number of hydrogen-bond acceptors (Lipinski definition) is 6. The average Bonchev–Trinajstić information content (AvgIpc) is 2.76. The number of benzene rings is 1. The zero-order valence-corrected chi connectivity index (χ0v) is 13.9. The Balaban J connectivity index is 2.60. The first-order chi connectivity index (χ1) is 10.7. The van der Waals surface area contributed by atoms with Gasteiger partial charge in [0.2, 0.25) is 21.5 Å². The lowest BCUT2D eigenvalue weighted by Gasteiger charge is -2.04. The van der Waals surface area contributed by atoms with Crippen LogP contribution >= 0.6 is 11.6 Å². The van der Waals surface area contributed by atoms with Crippen LogP contribution in [0.5, 0.6) is 11.5 Å². The summed E-state index contributed by atoms with van der Waals surface area (Å²) in [6.45, 7) is 2.53. The zero-order chi connectivity index (χ0) is 17.2. The van der Waals surface area contributed by atoms with Crippen LogP contribution in [0.2, 0.25) is 5.02 Å². The first kappa shape index (κ1) is 17.2. The average molecular weight is 360 g/mol. The highest BCUT2D eigenvalue weighted by Crippen LogP contribution is 2.48. The van der Waals surface area contributed by atoms with Crippen molar-refractivity contribution in [3.8, 4) is 22.8 Å². The van der Waals surface area contributed by atoms with Crippen LogP contribution in [0.15, 0.2) is 28.7 Å². The molecule has 0 atom stereocenters. The molecule has 23 heavy (non-hydrogen) atoms. The lowest BCUT2D eigenvalue weighted by Crippen LogP contribution is -2.15. The predicted octanol–water partition coefficient (Wildman–Crippen LogP) is 2.99. The topological polar surface area (TPSA) is 106 Å². The van der Waals surface area contributed by atoms with E-state index >= 15 is 0 Å². The Hall–Kier alpha value is -2.19. The number of esters is 1. The minimum absolute atomic E-state index is 0.111. The molecule has 0 aliphatic rings. The largest absolute Gasteiger partial charge is 0.502 e. The number of sulfonamides is 1. The SMILES string of the molecule is CCS(=O)(=O)Nc1oc(-c2ccccc2Cl)c(O)c1OC(C)=O. The number of carbonyl (C=O) groups is 1. The fourth-order valence-corrected chi connectivity index (χ4v) is 2.54. The highest BCUT2D eigenvalue weighted by Gasteiger charge is 2.27. The summed E-state index contributed by atoms with van der Waals surface area (Å²) in [6.07, 6.45) is 0. The van der Waals surface area contributed by atoms with Crippen molar-refractivity contribution in [2.24, 2.45) is 0 Å². The van der Waals surface area contributed by atoms with Gasteiger partial charge in [-0.3, -0.25) is 4.79 Å². The minimum atomic E-state index is -3.71. The van der Waals surface area contributed by atoms with Crippen molar-refractivity contribution in [3.05, 3.63) is 29.3 Å². The minimum Gasteiger partial charge on any atom is -0.502 e. The molecule has 2 aromatic rings. The molecule has 1 heterocycles. The van der Waals surface area contributed by atoms with Crippen LogP contribution in [-0.4, -0.2) is 25.2 Å². The van der Waals surface area contributed by atoms with Crippen LogP contribution in [0.25, 0.3) is 11.3 Å². The summed E-state index contributed by atoms with van der Waals surface area (Å²) in [6, 6.07) is 6.47. The van der Waals surface area contributed by atoms with E-state index in [1.54, 1.807) is 24.3 Å². The predicted molar refractivity (Wildman–Crippen MR) is 85.2 cm³/mol. The maximum absolute atomic E-state index is 11.7. The molecule has 0 bridgehead atoms. The Morgan fingerprint density at radius 1 is 1.39 bits per heavy atom. The molecule has 0 fully saturated rings. The van der Waals surface area contributed by atoms with Crippen molar-refractivity contribution in [2.45, 2.75) is 13.8 Å². The van der Waals surface area contributed by atoms with E-state index < -0.39 is 33.4 Å². The van der Waals surface area contributed by atoms with Crippen LogP contribution in [0, 0.1) is 0 Å². The number of nitrogens with one attached hydrogen (secondary N) is 1. The lowest BCUT2D eigenvalue weighted by molar-refractivity contribution is -0.131. The monoisotopic (exact) mass is 359 g/mol. The van der Waals surface area contributed by atoms with Gasteiger partial charge in [-0.25, -0.2) is 13.1 Å². The smallest absolute Gasteiger partial charge is 0.308 e. The first-order valence-corrected chi connectivity index (χ1v) is 8.57. The van der Waals surface area contributed by atoms with Crippen molar-refractivity contribution in [1.29, 1.82) is 0 Å². The standard InChI is InChI=1S/C14H14ClNO6S/c1-3-23(19,20)16-14-13(21-8(2)17)11(18)12(22-14)9-6-4-5-7-10(9)15/h4-7,16,18H,3H2,1-2H3. The van der Waals surface area contributed by atoms with Crippen LogP contribution in [0.3, 0.4) is 0 Å². The molecule has 0 spiro atoms. The van der Waals surface area contributed by atoms with E-state index in [0.29, 0.717) is 5.56 Å². The molecule has 124 valence electrons. The van der Waals surface area contributed by atoms with Gasteiger partial charge in [0.1, 0.15) is 0 Å². The zero-order valence-electron chi connectivity index (χ0n) is 12.3. The molecular formula is C14H14ClNO6S. The Labute approximate surface area is 137 Å². The van der Waals surface area contributed by atoms with Gasteiger partial charge in [0.15, 0.2) is 5.76 Å². The molecule has 1 aromatic heterocycles. The van der Waals surface area contributed by atoms with Crippen molar-refractivity contribution in [2.75, 3.05) is 10.5 Å².